The number of carbonyl (C=O) groups excluding carboxylic acids is 3. The van der Waals surface area contributed by atoms with Crippen molar-refractivity contribution in [3.63, 3.8) is 0 Å². The van der Waals surface area contributed by atoms with Crippen LogP contribution in [0.5, 0.6) is 0 Å². The lowest BCUT2D eigenvalue weighted by Gasteiger charge is -2.28. The lowest BCUT2D eigenvalue weighted by Crippen LogP contribution is -2.32. The molecule has 1 saturated carbocycles. The topological polar surface area (TPSA) is 78.9 Å². The van der Waals surface area contributed by atoms with E-state index >= 15 is 0 Å². The van der Waals surface area contributed by atoms with Gasteiger partial charge in [0.05, 0.1) is 12.5 Å². The highest BCUT2D eigenvalue weighted by Crippen LogP contribution is 2.36. The van der Waals surface area contributed by atoms with E-state index in [1.54, 1.807) is 0 Å². The molecule has 1 aliphatic heterocycles. The zero-order valence-electron chi connectivity index (χ0n) is 11.4. The zero-order valence-corrected chi connectivity index (χ0v) is 11.4. The molecule has 2 fully saturated rings. The van der Waals surface area contributed by atoms with E-state index in [2.05, 4.69) is 6.58 Å². The lowest BCUT2D eigenvalue weighted by atomic mass is 9.80. The van der Waals surface area contributed by atoms with Gasteiger partial charge in [0.25, 0.3) is 0 Å². The molecule has 2 rings (SSSR count). The summed E-state index contributed by atoms with van der Waals surface area (Å²) in [5.74, 6) is -1.25. The third-order valence-corrected chi connectivity index (χ3v) is 3.64. The summed E-state index contributed by atoms with van der Waals surface area (Å²) in [7, 11) is 0. The van der Waals surface area contributed by atoms with E-state index in [4.69, 9.17) is 14.2 Å². The number of cyclic esters (lactones) is 1. The average Bonchev–Trinajstić information content (AvgIpc) is 2.77. The Bertz CT molecular complexity index is 441. The largest absolute Gasteiger partial charge is 0.465 e. The van der Waals surface area contributed by atoms with Gasteiger partial charge in [0, 0.05) is 11.5 Å². The van der Waals surface area contributed by atoms with Gasteiger partial charge in [-0.05, 0) is 26.2 Å². The first kappa shape index (κ1) is 14.6. The molecular formula is C14H18O6. The van der Waals surface area contributed by atoms with E-state index in [9.17, 15) is 14.4 Å². The fourth-order valence-electron chi connectivity index (χ4n) is 2.59. The van der Waals surface area contributed by atoms with Gasteiger partial charge in [-0.2, -0.15) is 0 Å². The molecular weight excluding hydrogens is 264 g/mol. The summed E-state index contributed by atoms with van der Waals surface area (Å²) < 4.78 is 15.0. The molecule has 0 radical (unpaired) electrons. The van der Waals surface area contributed by atoms with Gasteiger partial charge < -0.3 is 14.2 Å². The average molecular weight is 282 g/mol. The molecule has 110 valence electrons. The number of hydrogen-bond acceptors (Lipinski definition) is 6. The Morgan fingerprint density at radius 1 is 1.40 bits per heavy atom. The Morgan fingerprint density at radius 3 is 2.85 bits per heavy atom. The van der Waals surface area contributed by atoms with E-state index < -0.39 is 18.5 Å². The number of carbonyl (C=O) groups is 3. The molecule has 20 heavy (non-hydrogen) atoms. The van der Waals surface area contributed by atoms with Crippen molar-refractivity contribution in [2.75, 3.05) is 13.2 Å². The summed E-state index contributed by atoms with van der Waals surface area (Å²) in [4.78, 5) is 34.1. The summed E-state index contributed by atoms with van der Waals surface area (Å²) in [6.07, 6.45) is 1.70. The SMILES string of the molecule is C=C(C)C(=O)OCC(=O)OC1CCC2C(=O)OCC2C1. The van der Waals surface area contributed by atoms with Crippen molar-refractivity contribution >= 4 is 17.9 Å². The van der Waals surface area contributed by atoms with E-state index in [1.807, 2.05) is 0 Å². The first-order valence-corrected chi connectivity index (χ1v) is 6.66. The molecule has 0 aromatic heterocycles. The minimum Gasteiger partial charge on any atom is -0.465 e. The van der Waals surface area contributed by atoms with E-state index in [1.165, 1.54) is 6.92 Å². The highest BCUT2D eigenvalue weighted by Gasteiger charge is 2.42. The van der Waals surface area contributed by atoms with Crippen LogP contribution in [0.1, 0.15) is 26.2 Å². The summed E-state index contributed by atoms with van der Waals surface area (Å²) in [5, 5.41) is 0. The predicted octanol–water partition coefficient (Wildman–Crippen LogP) is 0.991. The quantitative estimate of drug-likeness (QED) is 0.434. The number of esters is 3. The standard InChI is InChI=1S/C14H18O6/c1-8(2)13(16)19-7-12(15)20-10-3-4-11-9(5-10)6-18-14(11)17/h9-11H,1,3-7H2,2H3. The van der Waals surface area contributed by atoms with Crippen molar-refractivity contribution in [2.45, 2.75) is 32.3 Å². The second kappa shape index (κ2) is 6.07. The molecule has 3 atom stereocenters. The fourth-order valence-corrected chi connectivity index (χ4v) is 2.59. The maximum absolute atomic E-state index is 11.6. The summed E-state index contributed by atoms with van der Waals surface area (Å²) in [5.41, 5.74) is 0.236. The van der Waals surface area contributed by atoms with Crippen LogP contribution in [-0.2, 0) is 28.6 Å². The van der Waals surface area contributed by atoms with Gasteiger partial charge in [0.15, 0.2) is 6.61 Å². The van der Waals surface area contributed by atoms with Crippen molar-refractivity contribution in [3.05, 3.63) is 12.2 Å². The molecule has 1 saturated heterocycles. The summed E-state index contributed by atoms with van der Waals surface area (Å²) in [6, 6.07) is 0. The number of ether oxygens (including phenoxy) is 3. The highest BCUT2D eigenvalue weighted by molar-refractivity contribution is 5.88. The van der Waals surface area contributed by atoms with Crippen LogP contribution in [0.25, 0.3) is 0 Å². The molecule has 0 aromatic carbocycles. The molecule has 0 aromatic rings. The highest BCUT2D eigenvalue weighted by atomic mass is 16.6. The Morgan fingerprint density at radius 2 is 2.15 bits per heavy atom. The molecule has 1 heterocycles. The molecule has 2 aliphatic rings. The van der Waals surface area contributed by atoms with Gasteiger partial charge in [0.2, 0.25) is 0 Å². The van der Waals surface area contributed by atoms with E-state index in [0.717, 1.165) is 0 Å². The molecule has 6 heteroatoms. The van der Waals surface area contributed by atoms with Crippen molar-refractivity contribution in [2.24, 2.45) is 11.8 Å². The Labute approximate surface area is 117 Å². The minimum atomic E-state index is -0.611. The number of hydrogen-bond donors (Lipinski definition) is 0. The van der Waals surface area contributed by atoms with Crippen molar-refractivity contribution in [3.8, 4) is 0 Å². The van der Waals surface area contributed by atoms with Crippen LogP contribution in [0.4, 0.5) is 0 Å². The Balaban J connectivity index is 1.74. The second-order valence-corrected chi connectivity index (χ2v) is 5.28. The van der Waals surface area contributed by atoms with Crippen LogP contribution in [0.2, 0.25) is 0 Å². The van der Waals surface area contributed by atoms with E-state index in [-0.39, 0.29) is 29.5 Å². The van der Waals surface area contributed by atoms with Crippen LogP contribution in [0, 0.1) is 11.8 Å². The number of rotatable bonds is 4. The summed E-state index contributed by atoms with van der Waals surface area (Å²) >= 11 is 0. The smallest absolute Gasteiger partial charge is 0.344 e. The molecule has 1 aliphatic carbocycles. The van der Waals surface area contributed by atoms with Gasteiger partial charge in [-0.1, -0.05) is 6.58 Å². The molecule has 0 bridgehead atoms. The first-order valence-electron chi connectivity index (χ1n) is 6.66. The van der Waals surface area contributed by atoms with Gasteiger partial charge in [0.1, 0.15) is 6.10 Å². The van der Waals surface area contributed by atoms with Crippen LogP contribution >= 0.6 is 0 Å². The minimum absolute atomic E-state index is 0.0498. The Kier molecular flexibility index (Phi) is 4.42. The molecule has 0 spiro atoms. The molecule has 0 amide bonds. The normalized spacial score (nSPS) is 28.2. The fraction of sp³-hybridized carbons (Fsp3) is 0.643. The lowest BCUT2D eigenvalue weighted by molar-refractivity contribution is -0.162. The maximum atomic E-state index is 11.6. The second-order valence-electron chi connectivity index (χ2n) is 5.28. The van der Waals surface area contributed by atoms with Gasteiger partial charge >= 0.3 is 17.9 Å². The van der Waals surface area contributed by atoms with Crippen LogP contribution in [0.3, 0.4) is 0 Å². The van der Waals surface area contributed by atoms with E-state index in [0.29, 0.717) is 25.9 Å². The molecule has 0 N–H and O–H groups in total. The van der Waals surface area contributed by atoms with Crippen molar-refractivity contribution in [1.29, 1.82) is 0 Å². The zero-order chi connectivity index (χ0) is 14.7. The van der Waals surface area contributed by atoms with Crippen LogP contribution < -0.4 is 0 Å². The number of fused-ring (bicyclic) bond motifs is 1. The van der Waals surface area contributed by atoms with Crippen LogP contribution in [-0.4, -0.2) is 37.2 Å². The third kappa shape index (κ3) is 3.37. The maximum Gasteiger partial charge on any atom is 0.344 e. The molecule has 3 unspecified atom stereocenters. The summed E-state index contributed by atoms with van der Waals surface area (Å²) in [6.45, 7) is 4.92. The first-order chi connectivity index (χ1) is 9.47. The Hall–Kier alpha value is -1.85. The van der Waals surface area contributed by atoms with Gasteiger partial charge in [-0.25, -0.2) is 9.59 Å². The van der Waals surface area contributed by atoms with Crippen molar-refractivity contribution in [1.82, 2.24) is 0 Å². The van der Waals surface area contributed by atoms with Gasteiger partial charge in [-0.3, -0.25) is 4.79 Å². The molecule has 6 nitrogen and oxygen atoms in total. The predicted molar refractivity (Wildman–Crippen MR) is 67.4 cm³/mol. The van der Waals surface area contributed by atoms with Crippen LogP contribution in [0.15, 0.2) is 12.2 Å². The monoisotopic (exact) mass is 282 g/mol. The van der Waals surface area contributed by atoms with Gasteiger partial charge in [-0.15, -0.1) is 0 Å². The van der Waals surface area contributed by atoms with Crippen molar-refractivity contribution < 1.29 is 28.6 Å². The third-order valence-electron chi connectivity index (χ3n) is 3.64.